The van der Waals surface area contributed by atoms with Gasteiger partial charge in [0.25, 0.3) is 5.91 Å². The van der Waals surface area contributed by atoms with Crippen LogP contribution in [0.4, 0.5) is 4.79 Å². The van der Waals surface area contributed by atoms with Gasteiger partial charge in [0.05, 0.1) is 6.04 Å². The summed E-state index contributed by atoms with van der Waals surface area (Å²) in [4.78, 5) is 66.4. The van der Waals surface area contributed by atoms with Gasteiger partial charge in [0.2, 0.25) is 17.6 Å². The van der Waals surface area contributed by atoms with Crippen molar-refractivity contribution in [3.8, 4) is 0 Å². The fourth-order valence-corrected chi connectivity index (χ4v) is 5.64. The molecule has 3 rings (SSSR count). The summed E-state index contributed by atoms with van der Waals surface area (Å²) in [7, 11) is 2.02. The van der Waals surface area contributed by atoms with E-state index >= 15 is 0 Å². The van der Waals surface area contributed by atoms with Crippen molar-refractivity contribution < 1.29 is 33.0 Å². The number of likely N-dealkylation sites (tertiary alicyclic amines) is 1. The molecule has 3 N–H and O–H groups in total. The Morgan fingerprint density at radius 2 is 1.68 bits per heavy atom. The lowest BCUT2D eigenvalue weighted by Gasteiger charge is -2.37. The number of nitrogens with one attached hydrogen (secondary N) is 3. The molecule has 3 fully saturated rings. The zero-order valence-electron chi connectivity index (χ0n) is 23.1. The third kappa shape index (κ3) is 6.81. The molecule has 0 aromatic carbocycles. The molecule has 7 atom stereocenters. The van der Waals surface area contributed by atoms with Crippen LogP contribution in [0.3, 0.4) is 0 Å². The maximum Gasteiger partial charge on any atom is 0.408 e. The van der Waals surface area contributed by atoms with Gasteiger partial charge in [-0.15, -0.1) is 0 Å². The van der Waals surface area contributed by atoms with E-state index in [9.17, 15) is 24.0 Å². The Hall–Kier alpha value is -2.22. The molecule has 0 aromatic rings. The number of alkyl carbamates (subject to hydrolysis) is 1. The van der Waals surface area contributed by atoms with Gasteiger partial charge in [-0.1, -0.05) is 47.0 Å². The average Bonchev–Trinajstić information content (AvgIpc) is 3.18. The van der Waals surface area contributed by atoms with Gasteiger partial charge < -0.3 is 25.4 Å². The van der Waals surface area contributed by atoms with Crippen LogP contribution >= 0.6 is 9.39 Å². The molecule has 0 aromatic heterocycles. The van der Waals surface area contributed by atoms with Gasteiger partial charge in [-0.2, -0.15) is 0 Å². The van der Waals surface area contributed by atoms with Crippen LogP contribution in [0.2, 0.25) is 0 Å². The highest BCUT2D eigenvalue weighted by Gasteiger charge is 2.63. The second kappa shape index (κ2) is 10.9. The van der Waals surface area contributed by atoms with Crippen molar-refractivity contribution in [1.29, 1.82) is 0 Å². The van der Waals surface area contributed by atoms with Crippen LogP contribution in [0.25, 0.3) is 0 Å². The van der Waals surface area contributed by atoms with E-state index in [0.29, 0.717) is 13.0 Å². The Morgan fingerprint density at radius 1 is 1.05 bits per heavy atom. The maximum atomic E-state index is 13.8. The van der Waals surface area contributed by atoms with Crippen LogP contribution in [-0.2, 0) is 23.9 Å². The minimum Gasteiger partial charge on any atom is -0.444 e. The summed E-state index contributed by atoms with van der Waals surface area (Å²) in [6.45, 7) is 13.2. The molecule has 1 saturated heterocycles. The maximum absolute atomic E-state index is 13.8. The van der Waals surface area contributed by atoms with E-state index in [1.165, 1.54) is 0 Å². The summed E-state index contributed by atoms with van der Waals surface area (Å²) in [6, 6.07) is -2.63. The summed E-state index contributed by atoms with van der Waals surface area (Å²) in [5.74, 6) is -1.55. The number of fused-ring (bicyclic) bond motifs is 1. The second-order valence-electron chi connectivity index (χ2n) is 12.9. The van der Waals surface area contributed by atoms with Gasteiger partial charge in [0.15, 0.2) is 0 Å². The average molecular weight is 545 g/mol. The molecule has 1 aliphatic heterocycles. The molecule has 1 heterocycles. The molecule has 11 heteroatoms. The molecule has 0 radical (unpaired) electrons. The molecule has 10 nitrogen and oxygen atoms in total. The van der Waals surface area contributed by atoms with E-state index in [-0.39, 0.29) is 33.9 Å². The Balaban J connectivity index is 0.00000507. The van der Waals surface area contributed by atoms with Crippen LogP contribution in [0.1, 0.15) is 78.4 Å². The minimum absolute atomic E-state index is 0. The largest absolute Gasteiger partial charge is 0.444 e. The first-order valence-corrected chi connectivity index (χ1v) is 13.8. The van der Waals surface area contributed by atoms with Gasteiger partial charge in [0, 0.05) is 10.8 Å². The predicted molar refractivity (Wildman–Crippen MR) is 147 cm³/mol. The minimum atomic E-state index is -0.943. The number of Topliss-reactive ketones (excluding diaryl/α,β-unsaturated/α-hetero) is 1. The standard InChI is InChI=1S/C26H43N4O6P.3H2/c1-13-15-12-30(23(34)20(25(2,3)4)28-24(35)36-26(5,6)7)18(17(13)15)21(32)27-16(11-14-9-8-10-14)19(31)22(33)29-37;;;/h13-18,20H,8-12,37H2,1-7H3,(H,27,32)(H,28,35)(H,29,33);3*1H/t13?,15-,16?,17+,18+,20-;;;/m1.../s1. The first kappa shape index (κ1) is 29.3. The third-order valence-electron chi connectivity index (χ3n) is 7.85. The molecule has 3 aliphatic rings. The number of nitrogens with zero attached hydrogens (tertiary/aromatic N) is 1. The number of rotatable bonds is 8. The van der Waals surface area contributed by atoms with Crippen molar-refractivity contribution in [2.24, 2.45) is 29.1 Å². The number of piperidine rings is 1. The van der Waals surface area contributed by atoms with E-state index in [1.807, 2.05) is 30.2 Å². The molecule has 0 bridgehead atoms. The quantitative estimate of drug-likeness (QED) is 0.318. The third-order valence-corrected chi connectivity index (χ3v) is 8.11. The number of carbonyl (C=O) groups excluding carboxylic acids is 5. The lowest BCUT2D eigenvalue weighted by molar-refractivity contribution is -0.145. The van der Waals surface area contributed by atoms with E-state index < -0.39 is 52.8 Å². The number of ether oxygens (including phenoxy) is 1. The molecule has 214 valence electrons. The summed E-state index contributed by atoms with van der Waals surface area (Å²) in [6.07, 6.45) is 2.69. The van der Waals surface area contributed by atoms with Crippen LogP contribution in [0.15, 0.2) is 0 Å². The van der Waals surface area contributed by atoms with Crippen LogP contribution in [0.5, 0.6) is 0 Å². The fourth-order valence-electron chi connectivity index (χ4n) is 5.50. The number of carbonyl (C=O) groups is 5. The van der Waals surface area contributed by atoms with Gasteiger partial charge in [0.1, 0.15) is 17.7 Å². The van der Waals surface area contributed by atoms with Gasteiger partial charge in [-0.3, -0.25) is 19.2 Å². The van der Waals surface area contributed by atoms with Crippen molar-refractivity contribution >= 4 is 39.0 Å². The summed E-state index contributed by atoms with van der Waals surface area (Å²) in [5, 5.41) is 7.81. The molecule has 0 spiro atoms. The second-order valence-corrected chi connectivity index (χ2v) is 13.2. The van der Waals surface area contributed by atoms with Crippen molar-refractivity contribution in [2.45, 2.75) is 97.9 Å². The molecule has 4 amide bonds. The fraction of sp³-hybridized carbons (Fsp3) is 0.808. The van der Waals surface area contributed by atoms with Gasteiger partial charge >= 0.3 is 6.09 Å². The zero-order valence-corrected chi connectivity index (χ0v) is 24.2. The zero-order chi connectivity index (χ0) is 27.9. The van der Waals surface area contributed by atoms with Crippen molar-refractivity contribution in [1.82, 2.24) is 20.6 Å². The highest BCUT2D eigenvalue weighted by molar-refractivity contribution is 7.15. The number of ketones is 1. The van der Waals surface area contributed by atoms with Crippen molar-refractivity contribution in [3.05, 3.63) is 0 Å². The summed E-state index contributed by atoms with van der Waals surface area (Å²) >= 11 is 0. The first-order chi connectivity index (χ1) is 17.0. The molecule has 2 aliphatic carbocycles. The number of hydrogen-bond acceptors (Lipinski definition) is 6. The van der Waals surface area contributed by atoms with E-state index in [0.717, 1.165) is 19.3 Å². The molecule has 3 unspecified atom stereocenters. The highest BCUT2D eigenvalue weighted by atomic mass is 31.0. The topological polar surface area (TPSA) is 134 Å². The van der Waals surface area contributed by atoms with Crippen LogP contribution in [-0.4, -0.2) is 64.8 Å². The lowest BCUT2D eigenvalue weighted by atomic mass is 9.80. The van der Waals surface area contributed by atoms with Crippen molar-refractivity contribution in [2.75, 3.05) is 6.54 Å². The Morgan fingerprint density at radius 3 is 2.16 bits per heavy atom. The Kier molecular flexibility index (Phi) is 8.62. The summed E-state index contributed by atoms with van der Waals surface area (Å²) < 4.78 is 5.39. The van der Waals surface area contributed by atoms with Gasteiger partial charge in [-0.05, 0) is 65.7 Å². The Labute approximate surface area is 226 Å². The van der Waals surface area contributed by atoms with Crippen molar-refractivity contribution in [3.63, 3.8) is 0 Å². The van der Waals surface area contributed by atoms with E-state index in [2.05, 4.69) is 22.6 Å². The molecular formula is C26H49N4O6P. The Bertz CT molecular complexity index is 954. The molecular weight excluding hydrogens is 495 g/mol. The monoisotopic (exact) mass is 544 g/mol. The normalized spacial score (nSPS) is 26.8. The lowest BCUT2D eigenvalue weighted by Crippen LogP contribution is -2.60. The molecule has 37 heavy (non-hydrogen) atoms. The van der Waals surface area contributed by atoms with Gasteiger partial charge in [-0.25, -0.2) is 4.79 Å². The molecule has 2 saturated carbocycles. The van der Waals surface area contributed by atoms with Crippen LogP contribution < -0.4 is 15.7 Å². The van der Waals surface area contributed by atoms with E-state index in [4.69, 9.17) is 4.74 Å². The summed E-state index contributed by atoms with van der Waals surface area (Å²) in [5.41, 5.74) is -1.37. The first-order valence-electron chi connectivity index (χ1n) is 13.2. The highest BCUT2D eigenvalue weighted by Crippen LogP contribution is 2.55. The number of amides is 4. The smallest absolute Gasteiger partial charge is 0.408 e. The van der Waals surface area contributed by atoms with Crippen LogP contribution in [0, 0.1) is 29.1 Å². The SMILES string of the molecule is CC1[C@H]2[C@@H]1CN(C(=O)[C@@H](NC(=O)OC(C)(C)C)C(C)(C)C)[C@@H]2C(=O)NC(CC1CCC1)C(=O)C(=O)NP.[HH].[HH].[HH]. The number of hydrogen-bond donors (Lipinski definition) is 3. The predicted octanol–water partition coefficient (Wildman–Crippen LogP) is 2.91. The van der Waals surface area contributed by atoms with E-state index in [1.54, 1.807) is 25.7 Å².